The molecule has 0 radical (unpaired) electrons. The second-order valence-electron chi connectivity index (χ2n) is 4.71. The third kappa shape index (κ3) is 3.88. The van der Waals surface area contributed by atoms with Gasteiger partial charge >= 0.3 is 0 Å². The summed E-state index contributed by atoms with van der Waals surface area (Å²) in [7, 11) is -0.532. The Bertz CT molecular complexity index is 399. The zero-order valence-electron chi connectivity index (χ0n) is 11.6. The second-order valence-corrected chi connectivity index (χ2v) is 6.70. The number of hydrogen-bond donors (Lipinski definition) is 2. The second kappa shape index (κ2) is 7.18. The number of carbonyl (C=O) groups is 1. The van der Waals surface area contributed by atoms with E-state index >= 15 is 0 Å². The molecule has 1 aliphatic rings. The molecule has 1 fully saturated rings. The number of carbonyl (C=O) groups excluding carboxylic acids is 1. The van der Waals surface area contributed by atoms with Crippen molar-refractivity contribution in [3.05, 3.63) is 0 Å². The van der Waals surface area contributed by atoms with Crippen LogP contribution in [0.15, 0.2) is 0 Å². The van der Waals surface area contributed by atoms with Crippen LogP contribution in [0.25, 0.3) is 0 Å². The van der Waals surface area contributed by atoms with Gasteiger partial charge in [0.1, 0.15) is 6.04 Å². The van der Waals surface area contributed by atoms with E-state index in [0.717, 1.165) is 12.8 Å². The molecule has 7 nitrogen and oxygen atoms in total. The van der Waals surface area contributed by atoms with E-state index in [1.54, 1.807) is 0 Å². The fraction of sp³-hybridized carbons (Fsp3) is 0.909. The number of nitrogens with one attached hydrogen (secondary N) is 1. The lowest BCUT2D eigenvalue weighted by Gasteiger charge is -2.35. The highest BCUT2D eigenvalue weighted by Crippen LogP contribution is 2.22. The monoisotopic (exact) mass is 292 g/mol. The summed E-state index contributed by atoms with van der Waals surface area (Å²) in [4.78, 5) is 11.8. The smallest absolute Gasteiger partial charge is 0.282 e. The Kier molecular flexibility index (Phi) is 6.18. The van der Waals surface area contributed by atoms with Crippen LogP contribution in [0.4, 0.5) is 0 Å². The van der Waals surface area contributed by atoms with Gasteiger partial charge in [-0.15, -0.1) is 0 Å². The van der Waals surface area contributed by atoms with Crippen molar-refractivity contribution < 1.29 is 13.2 Å². The van der Waals surface area contributed by atoms with Crippen LogP contribution >= 0.6 is 0 Å². The number of nitrogens with zero attached hydrogens (tertiary/aromatic N) is 2. The largest absolute Gasteiger partial charge is 0.358 e. The molecular formula is C11H24N4O3S. The average Bonchev–Trinajstić information content (AvgIpc) is 2.43. The number of hydrogen-bond acceptors (Lipinski definition) is 4. The van der Waals surface area contributed by atoms with Crippen molar-refractivity contribution in [3.8, 4) is 0 Å². The summed E-state index contributed by atoms with van der Waals surface area (Å²) in [6.07, 6.45) is 2.84. The van der Waals surface area contributed by atoms with Gasteiger partial charge < -0.3 is 11.1 Å². The summed E-state index contributed by atoms with van der Waals surface area (Å²) in [6, 6.07) is -0.593. The fourth-order valence-electron chi connectivity index (χ4n) is 2.22. The van der Waals surface area contributed by atoms with Crippen molar-refractivity contribution in [2.75, 3.05) is 33.7 Å². The van der Waals surface area contributed by atoms with Gasteiger partial charge in [0.15, 0.2) is 0 Å². The van der Waals surface area contributed by atoms with Gasteiger partial charge in [0.05, 0.1) is 0 Å². The average molecular weight is 292 g/mol. The summed E-state index contributed by atoms with van der Waals surface area (Å²) in [5.74, 6) is -0.240. The van der Waals surface area contributed by atoms with Gasteiger partial charge in [0, 0.05) is 27.2 Å². The summed E-state index contributed by atoms with van der Waals surface area (Å²) < 4.78 is 27.5. The molecule has 1 unspecified atom stereocenters. The molecule has 0 bridgehead atoms. The van der Waals surface area contributed by atoms with E-state index in [2.05, 4.69) is 5.32 Å². The van der Waals surface area contributed by atoms with Crippen molar-refractivity contribution in [1.29, 1.82) is 0 Å². The Balaban J connectivity index is 2.86. The minimum atomic E-state index is -3.59. The van der Waals surface area contributed by atoms with Gasteiger partial charge in [-0.2, -0.15) is 17.0 Å². The molecule has 1 saturated heterocycles. The molecule has 0 aromatic rings. The lowest BCUT2D eigenvalue weighted by atomic mass is 10.0. The number of piperidine rings is 1. The normalized spacial score (nSPS) is 21.6. The topological polar surface area (TPSA) is 95.7 Å². The molecule has 0 spiro atoms. The molecule has 1 amide bonds. The van der Waals surface area contributed by atoms with E-state index in [9.17, 15) is 13.2 Å². The number of amides is 1. The van der Waals surface area contributed by atoms with Gasteiger partial charge in [0.2, 0.25) is 5.91 Å². The van der Waals surface area contributed by atoms with Crippen LogP contribution in [0.2, 0.25) is 0 Å². The predicted molar refractivity (Wildman–Crippen MR) is 73.6 cm³/mol. The van der Waals surface area contributed by atoms with Crippen LogP contribution < -0.4 is 11.1 Å². The van der Waals surface area contributed by atoms with E-state index in [1.165, 1.54) is 22.7 Å². The maximum Gasteiger partial charge on any atom is 0.282 e. The van der Waals surface area contributed by atoms with Crippen LogP contribution in [-0.2, 0) is 15.0 Å². The lowest BCUT2D eigenvalue weighted by Crippen LogP contribution is -2.54. The first-order chi connectivity index (χ1) is 8.95. The fourth-order valence-corrected chi connectivity index (χ4v) is 3.82. The molecule has 0 saturated carbocycles. The zero-order valence-corrected chi connectivity index (χ0v) is 12.4. The highest BCUT2D eigenvalue weighted by Gasteiger charge is 2.38. The minimum Gasteiger partial charge on any atom is -0.358 e. The highest BCUT2D eigenvalue weighted by atomic mass is 32.2. The summed E-state index contributed by atoms with van der Waals surface area (Å²) in [5.41, 5.74) is 5.40. The van der Waals surface area contributed by atoms with Gasteiger partial charge in [-0.3, -0.25) is 4.79 Å². The first-order valence-electron chi connectivity index (χ1n) is 6.60. The maximum absolute atomic E-state index is 12.5. The molecule has 0 aromatic carbocycles. The zero-order chi connectivity index (χ0) is 14.5. The predicted octanol–water partition coefficient (Wildman–Crippen LogP) is -0.888. The molecular weight excluding hydrogens is 268 g/mol. The van der Waals surface area contributed by atoms with Crippen LogP contribution in [0.5, 0.6) is 0 Å². The Morgan fingerprint density at radius 2 is 2.16 bits per heavy atom. The first-order valence-corrected chi connectivity index (χ1v) is 7.99. The summed E-state index contributed by atoms with van der Waals surface area (Å²) in [6.45, 7) is 1.21. The Morgan fingerprint density at radius 1 is 1.47 bits per heavy atom. The first kappa shape index (κ1) is 16.4. The van der Waals surface area contributed by atoms with E-state index in [4.69, 9.17) is 5.73 Å². The maximum atomic E-state index is 12.5. The molecule has 1 heterocycles. The van der Waals surface area contributed by atoms with Gasteiger partial charge in [-0.1, -0.05) is 6.42 Å². The van der Waals surface area contributed by atoms with Crippen molar-refractivity contribution >= 4 is 16.1 Å². The summed E-state index contributed by atoms with van der Waals surface area (Å²) in [5, 5.41) is 2.54. The number of likely N-dealkylation sites (N-methyl/N-ethyl adjacent to an activating group) is 1. The molecule has 3 N–H and O–H groups in total. The van der Waals surface area contributed by atoms with Crippen LogP contribution in [-0.4, -0.2) is 62.7 Å². The van der Waals surface area contributed by atoms with E-state index in [-0.39, 0.29) is 5.91 Å². The van der Waals surface area contributed by atoms with E-state index in [1.807, 2.05) is 0 Å². The molecule has 1 rings (SSSR count). The number of nitrogens with two attached hydrogens (primary N) is 1. The van der Waals surface area contributed by atoms with Crippen LogP contribution in [0.3, 0.4) is 0 Å². The molecule has 0 aromatic heterocycles. The van der Waals surface area contributed by atoms with Gasteiger partial charge in [-0.05, 0) is 25.8 Å². The van der Waals surface area contributed by atoms with E-state index in [0.29, 0.717) is 32.5 Å². The Hall–Kier alpha value is -0.700. The SMILES string of the molecule is CNC(=O)C1CCCCN1S(=O)(=O)N(C)CCCN. The molecule has 112 valence electrons. The van der Waals surface area contributed by atoms with E-state index < -0.39 is 16.3 Å². The van der Waals surface area contributed by atoms with Gasteiger partial charge in [-0.25, -0.2) is 0 Å². The van der Waals surface area contributed by atoms with Crippen molar-refractivity contribution in [1.82, 2.24) is 13.9 Å². The number of rotatable bonds is 6. The Morgan fingerprint density at radius 3 is 2.74 bits per heavy atom. The lowest BCUT2D eigenvalue weighted by molar-refractivity contribution is -0.125. The van der Waals surface area contributed by atoms with Gasteiger partial charge in [0.25, 0.3) is 10.2 Å². The molecule has 0 aliphatic carbocycles. The molecule has 1 aliphatic heterocycles. The minimum absolute atomic E-state index is 0.240. The quantitative estimate of drug-likeness (QED) is 0.664. The van der Waals surface area contributed by atoms with Crippen LogP contribution in [0, 0.1) is 0 Å². The third-order valence-corrected chi connectivity index (χ3v) is 5.37. The third-order valence-electron chi connectivity index (χ3n) is 3.37. The van der Waals surface area contributed by atoms with Crippen molar-refractivity contribution in [3.63, 3.8) is 0 Å². The van der Waals surface area contributed by atoms with Crippen molar-refractivity contribution in [2.45, 2.75) is 31.7 Å². The highest BCUT2D eigenvalue weighted by molar-refractivity contribution is 7.86. The van der Waals surface area contributed by atoms with Crippen LogP contribution in [0.1, 0.15) is 25.7 Å². The Labute approximate surface area is 115 Å². The summed E-state index contributed by atoms with van der Waals surface area (Å²) >= 11 is 0. The molecule has 8 heteroatoms. The van der Waals surface area contributed by atoms with Crippen molar-refractivity contribution in [2.24, 2.45) is 5.73 Å². The molecule has 1 atom stereocenters. The molecule has 19 heavy (non-hydrogen) atoms. The standard InChI is InChI=1S/C11H24N4O3S/c1-13-11(16)10-6-3-4-9-15(10)19(17,18)14(2)8-5-7-12/h10H,3-9,12H2,1-2H3,(H,13,16).